The first kappa shape index (κ1) is 14.7. The second-order valence-corrected chi connectivity index (χ2v) is 5.10. The first-order valence-corrected chi connectivity index (χ1v) is 6.59. The van der Waals surface area contributed by atoms with Gasteiger partial charge in [-0.1, -0.05) is 34.1 Å². The van der Waals surface area contributed by atoms with Crippen molar-refractivity contribution in [3.05, 3.63) is 11.9 Å². The van der Waals surface area contributed by atoms with E-state index in [4.69, 9.17) is 5.84 Å². The Morgan fingerprint density at radius 1 is 1.17 bits per heavy atom. The zero-order valence-corrected chi connectivity index (χ0v) is 12.0. The molecule has 102 valence electrons. The number of aromatic nitrogens is 2. The molecule has 0 aliphatic rings. The van der Waals surface area contributed by atoms with Crippen molar-refractivity contribution in [2.24, 2.45) is 11.8 Å². The molecule has 1 rings (SSSR count). The molecule has 0 amide bonds. The fourth-order valence-corrected chi connectivity index (χ4v) is 1.88. The van der Waals surface area contributed by atoms with Crippen LogP contribution in [0.1, 0.15) is 52.5 Å². The van der Waals surface area contributed by atoms with E-state index in [2.05, 4.69) is 55.3 Å². The van der Waals surface area contributed by atoms with Crippen LogP contribution in [0.15, 0.2) is 6.33 Å². The summed E-state index contributed by atoms with van der Waals surface area (Å²) in [6.07, 6.45) is 2.67. The van der Waals surface area contributed by atoms with Gasteiger partial charge in [0.2, 0.25) is 0 Å². The first-order chi connectivity index (χ1) is 8.51. The predicted molar refractivity (Wildman–Crippen MR) is 76.5 cm³/mol. The number of hydrazine groups is 1. The third-order valence-corrected chi connectivity index (χ3v) is 3.46. The van der Waals surface area contributed by atoms with Gasteiger partial charge in [-0.05, 0) is 18.8 Å². The molecule has 0 aliphatic heterocycles. The van der Waals surface area contributed by atoms with E-state index in [-0.39, 0.29) is 0 Å². The standard InChI is InChI=1S/C13H25N5/c1-6-9(4)10(5)17-12-11(8(2)3)13(18-14)16-7-15-12/h7-10H,6,14H2,1-5H3,(H2,15,16,17,18). The topological polar surface area (TPSA) is 75.9 Å². The second kappa shape index (κ2) is 6.54. The van der Waals surface area contributed by atoms with Crippen molar-refractivity contribution in [3.8, 4) is 0 Å². The number of hydrogen-bond donors (Lipinski definition) is 3. The highest BCUT2D eigenvalue weighted by Gasteiger charge is 2.17. The number of nitrogens with zero attached hydrogens (tertiary/aromatic N) is 2. The van der Waals surface area contributed by atoms with Gasteiger partial charge in [0.25, 0.3) is 0 Å². The Labute approximate surface area is 110 Å². The quantitative estimate of drug-likeness (QED) is 0.535. The van der Waals surface area contributed by atoms with E-state index in [1.807, 2.05) is 0 Å². The third-order valence-electron chi connectivity index (χ3n) is 3.46. The van der Waals surface area contributed by atoms with E-state index in [1.54, 1.807) is 0 Å². The summed E-state index contributed by atoms with van der Waals surface area (Å²) in [6, 6.07) is 0.369. The molecular weight excluding hydrogens is 226 g/mol. The zero-order valence-electron chi connectivity index (χ0n) is 12.0. The molecule has 2 unspecified atom stereocenters. The third kappa shape index (κ3) is 3.32. The van der Waals surface area contributed by atoms with E-state index >= 15 is 0 Å². The maximum Gasteiger partial charge on any atom is 0.148 e. The lowest BCUT2D eigenvalue weighted by atomic mass is 9.99. The van der Waals surface area contributed by atoms with Crippen molar-refractivity contribution in [1.29, 1.82) is 0 Å². The summed E-state index contributed by atoms with van der Waals surface area (Å²) in [5.41, 5.74) is 3.68. The van der Waals surface area contributed by atoms with Gasteiger partial charge in [-0.3, -0.25) is 0 Å². The van der Waals surface area contributed by atoms with Crippen LogP contribution >= 0.6 is 0 Å². The maximum atomic E-state index is 5.51. The molecule has 5 nitrogen and oxygen atoms in total. The van der Waals surface area contributed by atoms with Crippen LogP contribution in [0.3, 0.4) is 0 Å². The normalized spacial score (nSPS) is 14.4. The van der Waals surface area contributed by atoms with Crippen LogP contribution in [-0.2, 0) is 0 Å². The summed E-state index contributed by atoms with van der Waals surface area (Å²) >= 11 is 0. The molecule has 0 saturated heterocycles. The lowest BCUT2D eigenvalue weighted by molar-refractivity contribution is 0.493. The molecule has 1 heterocycles. The minimum absolute atomic E-state index is 0.309. The molecule has 0 spiro atoms. The summed E-state index contributed by atoms with van der Waals surface area (Å²) in [5, 5.41) is 3.47. The van der Waals surface area contributed by atoms with Crippen molar-refractivity contribution in [3.63, 3.8) is 0 Å². The Hall–Kier alpha value is -1.36. The molecule has 0 fully saturated rings. The van der Waals surface area contributed by atoms with Gasteiger partial charge < -0.3 is 10.7 Å². The van der Waals surface area contributed by atoms with Gasteiger partial charge in [-0.2, -0.15) is 0 Å². The lowest BCUT2D eigenvalue weighted by Gasteiger charge is -2.23. The van der Waals surface area contributed by atoms with Gasteiger partial charge in [0.05, 0.1) is 0 Å². The van der Waals surface area contributed by atoms with Crippen LogP contribution in [0.5, 0.6) is 0 Å². The van der Waals surface area contributed by atoms with E-state index in [1.165, 1.54) is 6.33 Å². The number of nitrogens with one attached hydrogen (secondary N) is 2. The lowest BCUT2D eigenvalue weighted by Crippen LogP contribution is -2.25. The molecule has 0 aromatic carbocycles. The minimum atomic E-state index is 0.309. The molecule has 0 aliphatic carbocycles. The average molecular weight is 251 g/mol. The Kier molecular flexibility index (Phi) is 5.34. The van der Waals surface area contributed by atoms with Gasteiger partial charge in [0.15, 0.2) is 0 Å². The molecule has 2 atom stereocenters. The Morgan fingerprint density at radius 2 is 1.78 bits per heavy atom. The molecule has 0 saturated carbocycles. The Morgan fingerprint density at radius 3 is 2.28 bits per heavy atom. The van der Waals surface area contributed by atoms with Gasteiger partial charge in [-0.25, -0.2) is 15.8 Å². The summed E-state index contributed by atoms with van der Waals surface area (Å²) in [4.78, 5) is 8.51. The molecule has 0 radical (unpaired) electrons. The van der Waals surface area contributed by atoms with Crippen LogP contribution in [0, 0.1) is 5.92 Å². The largest absolute Gasteiger partial charge is 0.367 e. The van der Waals surface area contributed by atoms with Crippen LogP contribution in [0.2, 0.25) is 0 Å². The fourth-order valence-electron chi connectivity index (χ4n) is 1.88. The van der Waals surface area contributed by atoms with Crippen molar-refractivity contribution in [2.45, 2.75) is 53.0 Å². The number of anilines is 2. The molecule has 4 N–H and O–H groups in total. The highest BCUT2D eigenvalue weighted by atomic mass is 15.3. The van der Waals surface area contributed by atoms with Crippen LogP contribution in [0.25, 0.3) is 0 Å². The summed E-state index contributed by atoms with van der Waals surface area (Å²) in [6.45, 7) is 10.8. The Bertz CT molecular complexity index is 378. The highest BCUT2D eigenvalue weighted by molar-refractivity contribution is 5.58. The molecule has 0 bridgehead atoms. The predicted octanol–water partition coefficient (Wildman–Crippen LogP) is 2.73. The van der Waals surface area contributed by atoms with Crippen molar-refractivity contribution < 1.29 is 0 Å². The van der Waals surface area contributed by atoms with Gasteiger partial charge >= 0.3 is 0 Å². The molecule has 18 heavy (non-hydrogen) atoms. The summed E-state index contributed by atoms with van der Waals surface area (Å²) < 4.78 is 0. The van der Waals surface area contributed by atoms with Gasteiger partial charge in [0, 0.05) is 11.6 Å². The van der Waals surface area contributed by atoms with Crippen LogP contribution < -0.4 is 16.6 Å². The van der Waals surface area contributed by atoms with E-state index in [0.29, 0.717) is 23.7 Å². The molecule has 5 heteroatoms. The molecule has 1 aromatic heterocycles. The van der Waals surface area contributed by atoms with Crippen molar-refractivity contribution in [2.75, 3.05) is 10.7 Å². The zero-order chi connectivity index (χ0) is 13.7. The number of hydrogen-bond acceptors (Lipinski definition) is 5. The minimum Gasteiger partial charge on any atom is -0.367 e. The number of rotatable bonds is 6. The van der Waals surface area contributed by atoms with Crippen molar-refractivity contribution >= 4 is 11.6 Å². The van der Waals surface area contributed by atoms with Crippen LogP contribution in [-0.4, -0.2) is 16.0 Å². The van der Waals surface area contributed by atoms with E-state index in [0.717, 1.165) is 17.8 Å². The van der Waals surface area contributed by atoms with Crippen LogP contribution in [0.4, 0.5) is 11.6 Å². The maximum absolute atomic E-state index is 5.51. The number of nitrogen functional groups attached to an aromatic ring is 1. The van der Waals surface area contributed by atoms with Crippen molar-refractivity contribution in [1.82, 2.24) is 9.97 Å². The molecule has 1 aromatic rings. The fraction of sp³-hybridized carbons (Fsp3) is 0.692. The first-order valence-electron chi connectivity index (χ1n) is 6.59. The van der Waals surface area contributed by atoms with Gasteiger partial charge in [0.1, 0.15) is 18.0 Å². The van der Waals surface area contributed by atoms with E-state index < -0.39 is 0 Å². The molecular formula is C13H25N5. The number of nitrogens with two attached hydrogens (primary N) is 1. The van der Waals surface area contributed by atoms with E-state index in [9.17, 15) is 0 Å². The Balaban J connectivity index is 3.01. The average Bonchev–Trinajstić information content (AvgIpc) is 2.36. The summed E-state index contributed by atoms with van der Waals surface area (Å²) in [7, 11) is 0. The van der Waals surface area contributed by atoms with Gasteiger partial charge in [-0.15, -0.1) is 0 Å². The smallest absolute Gasteiger partial charge is 0.148 e. The summed E-state index contributed by atoms with van der Waals surface area (Å²) in [5.74, 6) is 7.98. The SMILES string of the molecule is CCC(C)C(C)Nc1ncnc(NN)c1C(C)C. The monoisotopic (exact) mass is 251 g/mol. The second-order valence-electron chi connectivity index (χ2n) is 5.10. The highest BCUT2D eigenvalue weighted by Crippen LogP contribution is 2.28.